The number of hydrogen-bond acceptors (Lipinski definition) is 3. The first-order valence-electron chi connectivity index (χ1n) is 10.0. The number of carbonyl (C=O) groups is 2. The molecule has 0 heterocycles. The summed E-state index contributed by atoms with van der Waals surface area (Å²) in [5.41, 5.74) is 0.819. The number of nitrogens with one attached hydrogen (secondary N) is 1. The van der Waals surface area contributed by atoms with Gasteiger partial charge in [0, 0.05) is 28.0 Å². The highest BCUT2D eigenvalue weighted by Crippen LogP contribution is 2.24. The lowest BCUT2D eigenvalue weighted by Gasteiger charge is -2.31. The molecular weight excluding hydrogens is 439 g/mol. The quantitative estimate of drug-likeness (QED) is 0.459. The lowest BCUT2D eigenvalue weighted by atomic mass is 10.1. The molecule has 0 saturated carbocycles. The second-order valence-electron chi connectivity index (χ2n) is 7.42. The van der Waals surface area contributed by atoms with Gasteiger partial charge in [0.2, 0.25) is 11.8 Å². The van der Waals surface area contributed by atoms with Gasteiger partial charge in [-0.1, -0.05) is 62.2 Å². The van der Waals surface area contributed by atoms with Crippen LogP contribution in [0.15, 0.2) is 53.4 Å². The lowest BCUT2D eigenvalue weighted by Crippen LogP contribution is -2.50. The van der Waals surface area contributed by atoms with E-state index in [4.69, 9.17) is 23.2 Å². The second kappa shape index (κ2) is 12.2. The summed E-state index contributed by atoms with van der Waals surface area (Å²) in [6.07, 6.45) is 0.520. The van der Waals surface area contributed by atoms with Gasteiger partial charge in [0.15, 0.2) is 0 Å². The molecule has 0 aliphatic rings. The third kappa shape index (κ3) is 7.53. The number of halogens is 2. The summed E-state index contributed by atoms with van der Waals surface area (Å²) in [6, 6.07) is 14.2. The largest absolute Gasteiger partial charge is 0.354 e. The zero-order chi connectivity index (χ0) is 22.1. The Morgan fingerprint density at radius 2 is 1.73 bits per heavy atom. The molecule has 2 rings (SSSR count). The van der Waals surface area contributed by atoms with Gasteiger partial charge in [0.05, 0.1) is 5.75 Å². The van der Waals surface area contributed by atoms with E-state index in [-0.39, 0.29) is 24.1 Å². The van der Waals surface area contributed by atoms with Crippen molar-refractivity contribution in [1.82, 2.24) is 10.2 Å². The Morgan fingerprint density at radius 1 is 1.07 bits per heavy atom. The fraction of sp³-hybridized carbons (Fsp3) is 0.391. The molecule has 1 N–H and O–H groups in total. The SMILES string of the molecule is CC[C@@H](C(=O)NCC(C)C)N(Cc1ccccc1Cl)C(=O)CSc1ccc(Cl)cc1. The van der Waals surface area contributed by atoms with Crippen LogP contribution in [0.25, 0.3) is 0 Å². The molecule has 0 saturated heterocycles. The minimum absolute atomic E-state index is 0.110. The first-order chi connectivity index (χ1) is 14.3. The normalized spacial score (nSPS) is 11.9. The number of nitrogens with zero attached hydrogens (tertiary/aromatic N) is 1. The minimum Gasteiger partial charge on any atom is -0.354 e. The Morgan fingerprint density at radius 3 is 2.33 bits per heavy atom. The van der Waals surface area contributed by atoms with Gasteiger partial charge in [-0.15, -0.1) is 11.8 Å². The van der Waals surface area contributed by atoms with E-state index < -0.39 is 6.04 Å². The number of rotatable bonds is 10. The molecule has 0 unspecified atom stereocenters. The fourth-order valence-corrected chi connectivity index (χ4v) is 4.02. The van der Waals surface area contributed by atoms with Crippen LogP contribution in [0.1, 0.15) is 32.8 Å². The molecule has 1 atom stereocenters. The van der Waals surface area contributed by atoms with Gasteiger partial charge in [-0.3, -0.25) is 9.59 Å². The predicted molar refractivity (Wildman–Crippen MR) is 126 cm³/mol. The van der Waals surface area contributed by atoms with Gasteiger partial charge in [0.1, 0.15) is 6.04 Å². The Balaban J connectivity index is 2.19. The highest BCUT2D eigenvalue weighted by Gasteiger charge is 2.29. The van der Waals surface area contributed by atoms with Crippen LogP contribution < -0.4 is 5.32 Å². The Labute approximate surface area is 193 Å². The van der Waals surface area contributed by atoms with Crippen LogP contribution in [0.4, 0.5) is 0 Å². The first-order valence-corrected chi connectivity index (χ1v) is 11.7. The van der Waals surface area contributed by atoms with Crippen molar-refractivity contribution < 1.29 is 9.59 Å². The number of amides is 2. The van der Waals surface area contributed by atoms with Gasteiger partial charge in [-0.25, -0.2) is 0 Å². The molecule has 2 amide bonds. The van der Waals surface area contributed by atoms with E-state index in [0.717, 1.165) is 10.5 Å². The summed E-state index contributed by atoms with van der Waals surface area (Å²) >= 11 is 13.7. The van der Waals surface area contributed by atoms with Crippen LogP contribution in [-0.4, -0.2) is 35.1 Å². The third-order valence-electron chi connectivity index (χ3n) is 4.54. The molecule has 30 heavy (non-hydrogen) atoms. The zero-order valence-corrected chi connectivity index (χ0v) is 19.9. The van der Waals surface area contributed by atoms with Crippen LogP contribution in [0, 0.1) is 5.92 Å². The van der Waals surface area contributed by atoms with E-state index in [2.05, 4.69) is 5.32 Å². The van der Waals surface area contributed by atoms with Crippen molar-refractivity contribution >= 4 is 46.8 Å². The Bertz CT molecular complexity index is 843. The molecule has 0 fully saturated rings. The van der Waals surface area contributed by atoms with Crippen molar-refractivity contribution in [1.29, 1.82) is 0 Å². The molecule has 4 nitrogen and oxygen atoms in total. The summed E-state index contributed by atoms with van der Waals surface area (Å²) < 4.78 is 0. The average Bonchev–Trinajstić information content (AvgIpc) is 2.72. The van der Waals surface area contributed by atoms with Crippen LogP contribution in [0.2, 0.25) is 10.0 Å². The summed E-state index contributed by atoms with van der Waals surface area (Å²) in [6.45, 7) is 6.85. The summed E-state index contributed by atoms with van der Waals surface area (Å²) in [5, 5.41) is 4.19. The summed E-state index contributed by atoms with van der Waals surface area (Å²) in [5.74, 6) is 0.309. The van der Waals surface area contributed by atoms with E-state index in [1.165, 1.54) is 11.8 Å². The summed E-state index contributed by atoms with van der Waals surface area (Å²) in [7, 11) is 0. The maximum absolute atomic E-state index is 13.2. The molecule has 7 heteroatoms. The number of carbonyl (C=O) groups excluding carboxylic acids is 2. The molecule has 0 radical (unpaired) electrons. The lowest BCUT2D eigenvalue weighted by molar-refractivity contribution is -0.139. The van der Waals surface area contributed by atoms with Gasteiger partial charge in [-0.2, -0.15) is 0 Å². The zero-order valence-electron chi connectivity index (χ0n) is 17.5. The maximum atomic E-state index is 13.2. The Kier molecular flexibility index (Phi) is 10.0. The van der Waals surface area contributed by atoms with E-state index in [9.17, 15) is 9.59 Å². The van der Waals surface area contributed by atoms with Crippen LogP contribution >= 0.6 is 35.0 Å². The smallest absolute Gasteiger partial charge is 0.242 e. The molecule has 0 aromatic heterocycles. The fourth-order valence-electron chi connectivity index (χ4n) is 2.91. The average molecular weight is 467 g/mol. The number of benzene rings is 2. The highest BCUT2D eigenvalue weighted by atomic mass is 35.5. The topological polar surface area (TPSA) is 49.4 Å². The molecule has 0 spiro atoms. The second-order valence-corrected chi connectivity index (χ2v) is 9.31. The van der Waals surface area contributed by atoms with Crippen molar-refractivity contribution in [3.05, 3.63) is 64.1 Å². The monoisotopic (exact) mass is 466 g/mol. The first kappa shape index (κ1) is 24.6. The molecule has 0 aliphatic carbocycles. The van der Waals surface area contributed by atoms with E-state index in [1.54, 1.807) is 23.1 Å². The van der Waals surface area contributed by atoms with Crippen molar-refractivity contribution in [2.45, 2.75) is 44.7 Å². The molecule has 0 bridgehead atoms. The predicted octanol–water partition coefficient (Wildman–Crippen LogP) is 5.67. The van der Waals surface area contributed by atoms with Crippen molar-refractivity contribution in [3.8, 4) is 0 Å². The summed E-state index contributed by atoms with van der Waals surface area (Å²) in [4.78, 5) is 28.6. The minimum atomic E-state index is -0.557. The van der Waals surface area contributed by atoms with Crippen molar-refractivity contribution in [2.24, 2.45) is 5.92 Å². The van der Waals surface area contributed by atoms with Crippen LogP contribution in [0.3, 0.4) is 0 Å². The number of thioether (sulfide) groups is 1. The van der Waals surface area contributed by atoms with E-state index in [0.29, 0.717) is 28.9 Å². The van der Waals surface area contributed by atoms with Gasteiger partial charge >= 0.3 is 0 Å². The van der Waals surface area contributed by atoms with Crippen LogP contribution in [-0.2, 0) is 16.1 Å². The van der Waals surface area contributed by atoms with Gasteiger partial charge < -0.3 is 10.2 Å². The number of hydrogen-bond donors (Lipinski definition) is 1. The molecule has 162 valence electrons. The highest BCUT2D eigenvalue weighted by molar-refractivity contribution is 8.00. The van der Waals surface area contributed by atoms with Crippen molar-refractivity contribution in [3.63, 3.8) is 0 Å². The molecule has 0 aliphatic heterocycles. The van der Waals surface area contributed by atoms with E-state index in [1.807, 2.05) is 51.1 Å². The maximum Gasteiger partial charge on any atom is 0.242 e. The van der Waals surface area contributed by atoms with Gasteiger partial charge in [-0.05, 0) is 48.2 Å². The third-order valence-corrected chi connectivity index (χ3v) is 6.16. The Hall–Kier alpha value is -1.69. The van der Waals surface area contributed by atoms with Crippen LogP contribution in [0.5, 0.6) is 0 Å². The molecule has 2 aromatic carbocycles. The molecule has 2 aromatic rings. The molecular formula is C23H28Cl2N2O2S. The standard InChI is InChI=1S/C23H28Cl2N2O2S/c1-4-21(23(29)26-13-16(2)3)27(14-17-7-5-6-8-20(17)25)22(28)15-30-19-11-9-18(24)10-12-19/h5-12,16,21H,4,13-15H2,1-3H3,(H,26,29)/t21-/m0/s1. The van der Waals surface area contributed by atoms with Crippen molar-refractivity contribution in [2.75, 3.05) is 12.3 Å². The van der Waals surface area contributed by atoms with Gasteiger partial charge in [0.25, 0.3) is 0 Å². The van der Waals surface area contributed by atoms with E-state index >= 15 is 0 Å².